The fourth-order valence-electron chi connectivity index (χ4n) is 2.02. The largest absolute Gasteiger partial charge is 0.358 e. The van der Waals surface area contributed by atoms with Crippen LogP contribution in [0.3, 0.4) is 0 Å². The number of anilines is 1. The van der Waals surface area contributed by atoms with E-state index in [0.29, 0.717) is 13.2 Å². The van der Waals surface area contributed by atoms with Crippen molar-refractivity contribution < 1.29 is 9.09 Å². The Kier molecular flexibility index (Phi) is 5.92. The van der Waals surface area contributed by atoms with Crippen molar-refractivity contribution in [3.8, 4) is 0 Å². The maximum atomic E-state index is 13.4. The van der Waals surface area contributed by atoms with Crippen LogP contribution in [0.5, 0.6) is 0 Å². The molecule has 5 heteroatoms. The number of benzene rings is 2. The van der Waals surface area contributed by atoms with E-state index in [1.54, 1.807) is 0 Å². The number of nitrogens with zero attached hydrogens (tertiary/aromatic N) is 1. The maximum absolute atomic E-state index is 13.4. The number of hydrogen-bond acceptors (Lipinski definition) is 3. The van der Waals surface area contributed by atoms with Crippen LogP contribution in [0.1, 0.15) is 13.8 Å². The van der Waals surface area contributed by atoms with E-state index in [2.05, 4.69) is 0 Å². The van der Waals surface area contributed by atoms with E-state index in [9.17, 15) is 4.57 Å². The number of rotatable bonds is 7. The van der Waals surface area contributed by atoms with Crippen LogP contribution >= 0.6 is 18.1 Å². The third kappa shape index (κ3) is 4.13. The van der Waals surface area contributed by atoms with E-state index >= 15 is 0 Å². The summed E-state index contributed by atoms with van der Waals surface area (Å²) in [6.45, 7) is 1.88. The number of hydrogen-bond donors (Lipinski definition) is 0. The van der Waals surface area contributed by atoms with Crippen molar-refractivity contribution in [1.82, 2.24) is 0 Å². The van der Waals surface area contributed by atoms with Crippen molar-refractivity contribution in [3.05, 3.63) is 60.7 Å². The minimum absolute atomic E-state index is 0.417. The van der Waals surface area contributed by atoms with E-state index in [0.717, 1.165) is 10.6 Å². The van der Waals surface area contributed by atoms with Crippen molar-refractivity contribution >= 4 is 23.8 Å². The molecule has 0 N–H and O–H groups in total. The lowest BCUT2D eigenvalue weighted by Crippen LogP contribution is -2.19. The van der Waals surface area contributed by atoms with Gasteiger partial charge in [0, 0.05) is 17.1 Å². The Morgan fingerprint density at radius 2 is 1.57 bits per heavy atom. The van der Waals surface area contributed by atoms with Gasteiger partial charge in [-0.3, -0.25) is 9.24 Å². The van der Waals surface area contributed by atoms with Crippen molar-refractivity contribution in [1.29, 1.82) is 0 Å². The lowest BCUT2D eigenvalue weighted by atomic mass is 10.3. The lowest BCUT2D eigenvalue weighted by molar-refractivity contribution is 0.344. The molecular formula is C16H20NO2PS. The van der Waals surface area contributed by atoms with Gasteiger partial charge in [-0.25, -0.2) is 0 Å². The van der Waals surface area contributed by atoms with Gasteiger partial charge in [0.2, 0.25) is 0 Å². The van der Waals surface area contributed by atoms with Gasteiger partial charge in [-0.15, -0.1) is 0 Å². The minimum atomic E-state index is -3.02. The molecule has 0 amide bonds. The second-order valence-electron chi connectivity index (χ2n) is 4.34. The molecule has 0 aromatic heterocycles. The summed E-state index contributed by atoms with van der Waals surface area (Å²) in [6, 6.07) is 19.5. The fourth-order valence-corrected chi connectivity index (χ4v) is 6.51. The van der Waals surface area contributed by atoms with Crippen LogP contribution in [0.15, 0.2) is 65.6 Å². The molecule has 0 heterocycles. The van der Waals surface area contributed by atoms with E-state index in [-0.39, 0.29) is 0 Å². The summed E-state index contributed by atoms with van der Waals surface area (Å²) in [5.41, 5.74) is 0.917. The highest BCUT2D eigenvalue weighted by Gasteiger charge is 2.32. The zero-order chi connectivity index (χ0) is 15.1. The van der Waals surface area contributed by atoms with Crippen LogP contribution in [0.4, 0.5) is 5.69 Å². The molecule has 21 heavy (non-hydrogen) atoms. The van der Waals surface area contributed by atoms with Gasteiger partial charge >= 0.3 is 6.72 Å². The van der Waals surface area contributed by atoms with Crippen LogP contribution in [0.2, 0.25) is 0 Å². The van der Waals surface area contributed by atoms with Crippen LogP contribution < -0.4 is 4.67 Å². The highest BCUT2D eigenvalue weighted by molar-refractivity contribution is 8.57. The highest BCUT2D eigenvalue weighted by atomic mass is 32.7. The quantitative estimate of drug-likeness (QED) is 0.634. The molecule has 112 valence electrons. The fraction of sp³-hybridized carbons (Fsp3) is 0.250. The molecule has 2 aromatic rings. The predicted molar refractivity (Wildman–Crippen MR) is 91.0 cm³/mol. The summed E-state index contributed by atoms with van der Waals surface area (Å²) in [5.74, 6) is 0. The summed E-state index contributed by atoms with van der Waals surface area (Å²) in [5, 5.41) is 0. The molecule has 0 aliphatic carbocycles. The Balaban J connectivity index is 2.33. The Labute approximate surface area is 130 Å². The molecule has 0 saturated heterocycles. The van der Waals surface area contributed by atoms with Crippen LogP contribution in [-0.4, -0.2) is 13.2 Å². The molecule has 2 rings (SSSR count). The molecule has 0 radical (unpaired) electrons. The van der Waals surface area contributed by atoms with Gasteiger partial charge < -0.3 is 4.52 Å². The summed E-state index contributed by atoms with van der Waals surface area (Å²) in [7, 11) is 0. The second kappa shape index (κ2) is 7.69. The monoisotopic (exact) mass is 321 g/mol. The van der Waals surface area contributed by atoms with Crippen molar-refractivity contribution in [2.45, 2.75) is 18.7 Å². The maximum Gasteiger partial charge on any atom is 0.358 e. The van der Waals surface area contributed by atoms with Crippen molar-refractivity contribution in [3.63, 3.8) is 0 Å². The SMILES string of the molecule is CCOP(=O)(Sc1ccccc1)N(CC)c1ccccc1. The first-order chi connectivity index (χ1) is 10.2. The third-order valence-corrected chi connectivity index (χ3v) is 7.54. The normalized spacial score (nSPS) is 13.6. The Morgan fingerprint density at radius 1 is 1.00 bits per heavy atom. The third-order valence-electron chi connectivity index (χ3n) is 2.91. The van der Waals surface area contributed by atoms with Gasteiger partial charge in [-0.05, 0) is 49.5 Å². The van der Waals surface area contributed by atoms with Crippen molar-refractivity contribution in [2.75, 3.05) is 17.8 Å². The Hall–Kier alpha value is -1.22. The summed E-state index contributed by atoms with van der Waals surface area (Å²) in [4.78, 5) is 0.948. The first-order valence-corrected chi connectivity index (χ1v) is 10.0. The molecule has 0 spiro atoms. The standard InChI is InChI=1S/C16H20NO2PS/c1-3-17(15-11-7-5-8-12-15)20(18,19-4-2)21-16-13-9-6-10-14-16/h5-14H,3-4H2,1-2H3. The zero-order valence-electron chi connectivity index (χ0n) is 12.3. The Morgan fingerprint density at radius 3 is 2.10 bits per heavy atom. The van der Waals surface area contributed by atoms with Gasteiger partial charge in [0.15, 0.2) is 0 Å². The smallest absolute Gasteiger partial charge is 0.306 e. The average Bonchev–Trinajstić information content (AvgIpc) is 2.50. The summed E-state index contributed by atoms with van der Waals surface area (Å²) < 4.78 is 20.9. The Bertz CT molecular complexity index is 592. The second-order valence-corrected chi connectivity index (χ2v) is 8.61. The van der Waals surface area contributed by atoms with Gasteiger partial charge in [0.25, 0.3) is 0 Å². The van der Waals surface area contributed by atoms with E-state index in [1.807, 2.05) is 79.2 Å². The van der Waals surface area contributed by atoms with Gasteiger partial charge in [0.1, 0.15) is 0 Å². The van der Waals surface area contributed by atoms with Crippen LogP contribution in [0, 0.1) is 0 Å². The molecule has 1 unspecified atom stereocenters. The highest BCUT2D eigenvalue weighted by Crippen LogP contribution is 2.66. The molecule has 0 fully saturated rings. The molecule has 2 aromatic carbocycles. The summed E-state index contributed by atoms with van der Waals surface area (Å²) in [6.07, 6.45) is 0. The van der Waals surface area contributed by atoms with E-state index in [1.165, 1.54) is 11.4 Å². The molecule has 3 nitrogen and oxygen atoms in total. The molecule has 0 bridgehead atoms. The molecule has 0 saturated carbocycles. The first-order valence-electron chi connectivity index (χ1n) is 7.02. The van der Waals surface area contributed by atoms with Gasteiger partial charge in [-0.1, -0.05) is 36.4 Å². The van der Waals surface area contributed by atoms with Crippen LogP contribution in [0.25, 0.3) is 0 Å². The topological polar surface area (TPSA) is 29.5 Å². The predicted octanol–water partition coefficient (Wildman–Crippen LogP) is 5.45. The number of para-hydroxylation sites is 1. The van der Waals surface area contributed by atoms with Crippen molar-refractivity contribution in [2.24, 2.45) is 0 Å². The van der Waals surface area contributed by atoms with Gasteiger partial charge in [0.05, 0.1) is 6.61 Å². The molecule has 0 aliphatic heterocycles. The first kappa shape index (κ1) is 16.2. The average molecular weight is 321 g/mol. The zero-order valence-corrected chi connectivity index (χ0v) is 14.0. The van der Waals surface area contributed by atoms with Crippen LogP contribution in [-0.2, 0) is 9.09 Å². The van der Waals surface area contributed by atoms with E-state index in [4.69, 9.17) is 4.52 Å². The lowest BCUT2D eigenvalue weighted by Gasteiger charge is -2.30. The van der Waals surface area contributed by atoms with E-state index < -0.39 is 6.72 Å². The van der Waals surface area contributed by atoms with Gasteiger partial charge in [-0.2, -0.15) is 0 Å². The minimum Gasteiger partial charge on any atom is -0.306 e. The summed E-state index contributed by atoms with van der Waals surface area (Å²) >= 11 is 1.30. The molecule has 0 aliphatic rings. The molecule has 1 atom stereocenters. The molecular weight excluding hydrogens is 301 g/mol.